The molecule has 1 N–H and O–H groups in total. The van der Waals surface area contributed by atoms with Gasteiger partial charge in [-0.25, -0.2) is 0 Å². The Kier molecular flexibility index (Phi) is 5.43. The normalized spacial score (nSPS) is 11.9. The molecule has 2 aromatic rings. The highest BCUT2D eigenvalue weighted by Gasteiger charge is 2.11. The lowest BCUT2D eigenvalue weighted by Gasteiger charge is -2.15. The van der Waals surface area contributed by atoms with Crippen molar-refractivity contribution in [2.75, 3.05) is 5.32 Å². The van der Waals surface area contributed by atoms with Gasteiger partial charge in [0, 0.05) is 11.3 Å². The quantitative estimate of drug-likeness (QED) is 0.840. The minimum Gasteiger partial charge on any atom is -0.491 e. The summed E-state index contributed by atoms with van der Waals surface area (Å²) < 4.78 is 5.79. The van der Waals surface area contributed by atoms with Crippen LogP contribution in [0.4, 0.5) is 5.69 Å². The molecule has 0 spiro atoms. The number of carbonyl (C=O) groups is 1. The SMILES string of the molecule is CCC(C)Oc1cccc(C(=O)Nc2c(C)cc(C)cc2C)c1. The molecule has 0 saturated carbocycles. The van der Waals surface area contributed by atoms with Crippen LogP contribution < -0.4 is 10.1 Å². The Hall–Kier alpha value is -2.29. The molecule has 3 heteroatoms. The Morgan fingerprint density at radius 1 is 1.13 bits per heavy atom. The first-order chi connectivity index (χ1) is 10.9. The first kappa shape index (κ1) is 17.1. The zero-order valence-electron chi connectivity index (χ0n) is 14.6. The van der Waals surface area contributed by atoms with Crippen molar-refractivity contribution in [2.24, 2.45) is 0 Å². The lowest BCUT2D eigenvalue weighted by molar-refractivity contribution is 0.102. The van der Waals surface area contributed by atoms with Crippen molar-refractivity contribution >= 4 is 11.6 Å². The summed E-state index contributed by atoms with van der Waals surface area (Å²) in [6.45, 7) is 10.2. The number of hydrogen-bond acceptors (Lipinski definition) is 2. The Morgan fingerprint density at radius 3 is 2.39 bits per heavy atom. The molecule has 23 heavy (non-hydrogen) atoms. The van der Waals surface area contributed by atoms with Crippen LogP contribution in [-0.4, -0.2) is 12.0 Å². The number of aryl methyl sites for hydroxylation is 3. The smallest absolute Gasteiger partial charge is 0.255 e. The number of amides is 1. The van der Waals surface area contributed by atoms with Crippen LogP contribution in [0.15, 0.2) is 36.4 Å². The number of benzene rings is 2. The Bertz CT molecular complexity index is 684. The van der Waals surface area contributed by atoms with E-state index in [1.807, 2.05) is 32.9 Å². The second kappa shape index (κ2) is 7.32. The van der Waals surface area contributed by atoms with Gasteiger partial charge in [0.15, 0.2) is 0 Å². The van der Waals surface area contributed by atoms with Gasteiger partial charge in [0.1, 0.15) is 5.75 Å². The molecule has 0 aliphatic heterocycles. The summed E-state index contributed by atoms with van der Waals surface area (Å²) in [7, 11) is 0. The zero-order valence-corrected chi connectivity index (χ0v) is 14.6. The van der Waals surface area contributed by atoms with Gasteiger partial charge in [-0.2, -0.15) is 0 Å². The van der Waals surface area contributed by atoms with Crippen LogP contribution in [0.1, 0.15) is 47.3 Å². The molecule has 0 heterocycles. The van der Waals surface area contributed by atoms with E-state index < -0.39 is 0 Å². The van der Waals surface area contributed by atoms with Crippen molar-refractivity contribution in [3.8, 4) is 5.75 Å². The summed E-state index contributed by atoms with van der Waals surface area (Å²) in [5, 5.41) is 3.02. The minimum absolute atomic E-state index is 0.116. The van der Waals surface area contributed by atoms with Gasteiger partial charge in [-0.15, -0.1) is 0 Å². The average molecular weight is 311 g/mol. The molecule has 122 valence electrons. The minimum atomic E-state index is -0.116. The highest BCUT2D eigenvalue weighted by Crippen LogP contribution is 2.23. The van der Waals surface area contributed by atoms with E-state index in [0.717, 1.165) is 29.0 Å². The standard InChI is InChI=1S/C20H25NO2/c1-6-16(5)23-18-9-7-8-17(12-18)20(22)21-19-14(3)10-13(2)11-15(19)4/h7-12,16H,6H2,1-5H3,(H,21,22). The first-order valence-electron chi connectivity index (χ1n) is 8.06. The molecule has 0 saturated heterocycles. The molecule has 0 aliphatic rings. The fourth-order valence-corrected chi connectivity index (χ4v) is 2.59. The third-order valence-electron chi connectivity index (χ3n) is 3.92. The predicted octanol–water partition coefficient (Wildman–Crippen LogP) is 5.04. The molecule has 1 atom stereocenters. The van der Waals surface area contributed by atoms with Crippen molar-refractivity contribution in [1.82, 2.24) is 0 Å². The molecular weight excluding hydrogens is 286 g/mol. The highest BCUT2D eigenvalue weighted by molar-refractivity contribution is 6.05. The van der Waals surface area contributed by atoms with E-state index in [1.165, 1.54) is 5.56 Å². The topological polar surface area (TPSA) is 38.3 Å². The average Bonchev–Trinajstić information content (AvgIpc) is 2.50. The molecule has 2 rings (SSSR count). The van der Waals surface area contributed by atoms with Gasteiger partial charge in [0.2, 0.25) is 0 Å². The van der Waals surface area contributed by atoms with E-state index in [0.29, 0.717) is 5.56 Å². The molecule has 0 radical (unpaired) electrons. The van der Waals surface area contributed by atoms with Crippen LogP contribution in [0.2, 0.25) is 0 Å². The van der Waals surface area contributed by atoms with Crippen molar-refractivity contribution in [3.05, 3.63) is 58.7 Å². The lowest BCUT2D eigenvalue weighted by atomic mass is 10.0. The van der Waals surface area contributed by atoms with E-state index in [1.54, 1.807) is 12.1 Å². The molecule has 1 amide bonds. The molecule has 2 aromatic carbocycles. The third kappa shape index (κ3) is 4.35. The van der Waals surface area contributed by atoms with Crippen molar-refractivity contribution < 1.29 is 9.53 Å². The van der Waals surface area contributed by atoms with Crippen LogP contribution in [0, 0.1) is 20.8 Å². The van der Waals surface area contributed by atoms with E-state index in [9.17, 15) is 4.79 Å². The Labute approximate surface area is 138 Å². The highest BCUT2D eigenvalue weighted by atomic mass is 16.5. The van der Waals surface area contributed by atoms with E-state index in [4.69, 9.17) is 4.74 Å². The fraction of sp³-hybridized carbons (Fsp3) is 0.350. The van der Waals surface area contributed by atoms with Crippen molar-refractivity contribution in [3.63, 3.8) is 0 Å². The first-order valence-corrected chi connectivity index (χ1v) is 8.06. The molecule has 0 fully saturated rings. The number of hydrogen-bond donors (Lipinski definition) is 1. The number of rotatable bonds is 5. The van der Waals surface area contributed by atoms with E-state index in [-0.39, 0.29) is 12.0 Å². The van der Waals surface area contributed by atoms with Crippen molar-refractivity contribution in [2.45, 2.75) is 47.1 Å². The van der Waals surface area contributed by atoms with Gasteiger partial charge in [0.05, 0.1) is 6.10 Å². The van der Waals surface area contributed by atoms with E-state index >= 15 is 0 Å². The van der Waals surface area contributed by atoms with Crippen LogP contribution in [0.5, 0.6) is 5.75 Å². The summed E-state index contributed by atoms with van der Waals surface area (Å²) in [5.41, 5.74) is 4.83. The fourth-order valence-electron chi connectivity index (χ4n) is 2.59. The molecule has 0 aliphatic carbocycles. The molecular formula is C20H25NO2. The van der Waals surface area contributed by atoms with Crippen molar-refractivity contribution in [1.29, 1.82) is 0 Å². The maximum Gasteiger partial charge on any atom is 0.255 e. The van der Waals surface area contributed by atoms with Gasteiger partial charge < -0.3 is 10.1 Å². The van der Waals surface area contributed by atoms with Gasteiger partial charge in [-0.1, -0.05) is 30.7 Å². The molecule has 3 nitrogen and oxygen atoms in total. The van der Waals surface area contributed by atoms with Gasteiger partial charge in [0.25, 0.3) is 5.91 Å². The maximum atomic E-state index is 12.5. The number of anilines is 1. The lowest BCUT2D eigenvalue weighted by Crippen LogP contribution is -2.15. The number of ether oxygens (including phenoxy) is 1. The van der Waals surface area contributed by atoms with Gasteiger partial charge >= 0.3 is 0 Å². The van der Waals surface area contributed by atoms with Crippen LogP contribution >= 0.6 is 0 Å². The Balaban J connectivity index is 2.20. The van der Waals surface area contributed by atoms with Crippen LogP contribution in [-0.2, 0) is 0 Å². The molecule has 0 aromatic heterocycles. The largest absolute Gasteiger partial charge is 0.491 e. The second-order valence-corrected chi connectivity index (χ2v) is 6.09. The zero-order chi connectivity index (χ0) is 17.0. The number of nitrogens with one attached hydrogen (secondary N) is 1. The van der Waals surface area contributed by atoms with Gasteiger partial charge in [-0.05, 0) is 63.4 Å². The summed E-state index contributed by atoms with van der Waals surface area (Å²) in [6, 6.07) is 11.5. The molecule has 1 unspecified atom stereocenters. The number of carbonyl (C=O) groups excluding carboxylic acids is 1. The summed E-state index contributed by atoms with van der Waals surface area (Å²) in [6.07, 6.45) is 1.06. The maximum absolute atomic E-state index is 12.5. The van der Waals surface area contributed by atoms with Crippen LogP contribution in [0.25, 0.3) is 0 Å². The summed E-state index contributed by atoms with van der Waals surface area (Å²) in [4.78, 5) is 12.5. The monoisotopic (exact) mass is 311 g/mol. The third-order valence-corrected chi connectivity index (χ3v) is 3.92. The van der Waals surface area contributed by atoms with Gasteiger partial charge in [-0.3, -0.25) is 4.79 Å². The molecule has 0 bridgehead atoms. The predicted molar refractivity (Wildman–Crippen MR) is 95.4 cm³/mol. The Morgan fingerprint density at radius 2 is 1.78 bits per heavy atom. The second-order valence-electron chi connectivity index (χ2n) is 6.09. The summed E-state index contributed by atoms with van der Waals surface area (Å²) >= 11 is 0. The van der Waals surface area contributed by atoms with E-state index in [2.05, 4.69) is 31.3 Å². The van der Waals surface area contributed by atoms with Crippen LogP contribution in [0.3, 0.4) is 0 Å². The summed E-state index contributed by atoms with van der Waals surface area (Å²) in [5.74, 6) is 0.610.